The summed E-state index contributed by atoms with van der Waals surface area (Å²) >= 11 is 2.22. The predicted octanol–water partition coefficient (Wildman–Crippen LogP) is -1.48. The first-order valence-electron chi connectivity index (χ1n) is 1.29. The molecule has 0 heterocycles. The summed E-state index contributed by atoms with van der Waals surface area (Å²) in [4.78, 5) is 8.69. The summed E-state index contributed by atoms with van der Waals surface area (Å²) in [6.45, 7) is 0. The van der Waals surface area contributed by atoms with E-state index in [2.05, 4.69) is 16.0 Å². The van der Waals surface area contributed by atoms with Gasteiger partial charge in [0.25, 0.3) is 0 Å². The molecule has 3 nitrogen and oxygen atoms in total. The van der Waals surface area contributed by atoms with E-state index in [4.69, 9.17) is 10.8 Å². The third-order valence-corrected chi connectivity index (χ3v) is 0.666. The van der Waals surface area contributed by atoms with E-state index in [1.165, 1.54) is 0 Å². The van der Waals surface area contributed by atoms with Gasteiger partial charge in [0.2, 0.25) is 0 Å². The molecule has 0 unspecified atom stereocenters. The summed E-state index contributed by atoms with van der Waals surface area (Å²) in [5, 5.41) is 7.83. The Hall–Kier alpha value is -0.0505. The first kappa shape index (κ1) is 5.95. The standard InChI is InChI=1S/C2H4NO2Se/c3-1(6)2(4)5/h1H,3H2,(H,4,5)/t1-/m0/s1. The zero-order valence-corrected chi connectivity index (χ0v) is 4.63. The van der Waals surface area contributed by atoms with E-state index in [1.807, 2.05) is 0 Å². The van der Waals surface area contributed by atoms with Gasteiger partial charge in [-0.05, 0) is 0 Å². The van der Waals surface area contributed by atoms with Crippen molar-refractivity contribution in [2.75, 3.05) is 0 Å². The van der Waals surface area contributed by atoms with Gasteiger partial charge in [-0.3, -0.25) is 0 Å². The van der Waals surface area contributed by atoms with Crippen LogP contribution in [0.5, 0.6) is 0 Å². The molecule has 0 amide bonds. The minimum absolute atomic E-state index is 0.856. The summed E-state index contributed by atoms with van der Waals surface area (Å²) < 4.78 is 0. The number of hydrogen-bond acceptors (Lipinski definition) is 2. The third-order valence-electron chi connectivity index (χ3n) is 0.243. The van der Waals surface area contributed by atoms with Crippen molar-refractivity contribution in [1.82, 2.24) is 0 Å². The summed E-state index contributed by atoms with van der Waals surface area (Å²) in [5.74, 6) is -1.02. The molecule has 0 aromatic heterocycles. The van der Waals surface area contributed by atoms with Crippen LogP contribution in [0.15, 0.2) is 0 Å². The van der Waals surface area contributed by atoms with Gasteiger partial charge in [0, 0.05) is 0 Å². The fraction of sp³-hybridized carbons (Fsp3) is 0.500. The van der Waals surface area contributed by atoms with Crippen molar-refractivity contribution in [3.8, 4) is 0 Å². The number of aliphatic carboxylic acids is 1. The molecule has 0 bridgehead atoms. The molecule has 0 aromatic rings. The molecule has 0 aliphatic rings. The van der Waals surface area contributed by atoms with Crippen LogP contribution in [0.2, 0.25) is 0 Å². The van der Waals surface area contributed by atoms with Crippen molar-refractivity contribution >= 4 is 22.0 Å². The van der Waals surface area contributed by atoms with E-state index in [0.717, 1.165) is 0 Å². The van der Waals surface area contributed by atoms with Gasteiger partial charge in [0.1, 0.15) is 0 Å². The van der Waals surface area contributed by atoms with Crippen LogP contribution in [-0.2, 0) is 4.79 Å². The van der Waals surface area contributed by atoms with Crippen molar-refractivity contribution in [2.45, 2.75) is 4.94 Å². The van der Waals surface area contributed by atoms with Crippen LogP contribution in [0.3, 0.4) is 0 Å². The Morgan fingerprint density at radius 3 is 2.17 bits per heavy atom. The van der Waals surface area contributed by atoms with Crippen LogP contribution >= 0.6 is 0 Å². The molecule has 0 aromatic carbocycles. The molecule has 1 atom stereocenters. The van der Waals surface area contributed by atoms with E-state index in [0.29, 0.717) is 0 Å². The van der Waals surface area contributed by atoms with Gasteiger partial charge in [-0.25, -0.2) is 0 Å². The van der Waals surface area contributed by atoms with Crippen LogP contribution in [0.1, 0.15) is 0 Å². The van der Waals surface area contributed by atoms with E-state index < -0.39 is 10.9 Å². The molecule has 4 heteroatoms. The summed E-state index contributed by atoms with van der Waals surface area (Å²) in [6, 6.07) is 0. The molecule has 0 aliphatic carbocycles. The van der Waals surface area contributed by atoms with Crippen LogP contribution in [0.25, 0.3) is 0 Å². The fourth-order valence-electron chi connectivity index (χ4n) is 0. The second kappa shape index (κ2) is 2.18. The molecule has 6 heavy (non-hydrogen) atoms. The second-order valence-corrected chi connectivity index (χ2v) is 1.82. The van der Waals surface area contributed by atoms with E-state index in [1.54, 1.807) is 0 Å². The van der Waals surface area contributed by atoms with Gasteiger partial charge in [-0.15, -0.1) is 0 Å². The maximum absolute atomic E-state index is 9.54. The Kier molecular flexibility index (Phi) is 2.16. The van der Waals surface area contributed by atoms with Crippen LogP contribution in [0, 0.1) is 0 Å². The monoisotopic (exact) mass is 154 g/mol. The summed E-state index contributed by atoms with van der Waals surface area (Å²) in [6.07, 6.45) is 0. The fourth-order valence-corrected chi connectivity index (χ4v) is 0. The number of nitrogens with two attached hydrogens (primary N) is 1. The second-order valence-electron chi connectivity index (χ2n) is 0.759. The Bertz CT molecular complexity index is 62.6. The third kappa shape index (κ3) is 2.20. The van der Waals surface area contributed by atoms with Gasteiger partial charge >= 0.3 is 42.6 Å². The predicted molar refractivity (Wildman–Crippen MR) is 21.4 cm³/mol. The topological polar surface area (TPSA) is 63.3 Å². The molecule has 0 rings (SSSR count). The summed E-state index contributed by atoms with van der Waals surface area (Å²) in [5.41, 5.74) is 4.78. The van der Waals surface area contributed by atoms with Crippen LogP contribution in [-0.4, -0.2) is 32.0 Å². The molecular weight excluding hydrogens is 149 g/mol. The van der Waals surface area contributed by atoms with Crippen molar-refractivity contribution in [2.24, 2.45) is 5.73 Å². The summed E-state index contributed by atoms with van der Waals surface area (Å²) in [7, 11) is 0. The van der Waals surface area contributed by atoms with E-state index in [9.17, 15) is 4.79 Å². The van der Waals surface area contributed by atoms with Gasteiger partial charge in [-0.2, -0.15) is 0 Å². The minimum atomic E-state index is -1.02. The number of carboxylic acid groups (broad SMARTS) is 1. The molecule has 3 N–H and O–H groups in total. The van der Waals surface area contributed by atoms with Crippen molar-refractivity contribution < 1.29 is 9.90 Å². The average molecular weight is 153 g/mol. The molecule has 0 spiro atoms. The van der Waals surface area contributed by atoms with E-state index in [-0.39, 0.29) is 0 Å². The first-order valence-corrected chi connectivity index (χ1v) is 2.27. The van der Waals surface area contributed by atoms with Gasteiger partial charge < -0.3 is 0 Å². The maximum atomic E-state index is 9.54. The van der Waals surface area contributed by atoms with Crippen LogP contribution < -0.4 is 5.73 Å². The zero-order chi connectivity index (χ0) is 5.15. The Morgan fingerprint density at radius 1 is 2.00 bits per heavy atom. The number of hydrogen-bond donors (Lipinski definition) is 2. The quantitative estimate of drug-likeness (QED) is 0.452. The number of carboxylic acids is 1. The normalized spacial score (nSPS) is 13.7. The van der Waals surface area contributed by atoms with Crippen molar-refractivity contribution in [3.63, 3.8) is 0 Å². The van der Waals surface area contributed by atoms with Crippen molar-refractivity contribution in [1.29, 1.82) is 0 Å². The molecule has 0 saturated heterocycles. The SMILES string of the molecule is N[C@@H]([Se])C(=O)O. The molecular formula is C2H4NO2Se. The first-order chi connectivity index (χ1) is 2.64. The van der Waals surface area contributed by atoms with Gasteiger partial charge in [0.05, 0.1) is 0 Å². The number of rotatable bonds is 1. The van der Waals surface area contributed by atoms with E-state index >= 15 is 0 Å². The molecule has 0 fully saturated rings. The number of carbonyl (C=O) groups is 1. The average Bonchev–Trinajstić information content (AvgIpc) is 1.36. The van der Waals surface area contributed by atoms with Gasteiger partial charge in [0.15, 0.2) is 0 Å². The zero-order valence-electron chi connectivity index (χ0n) is 2.92. The van der Waals surface area contributed by atoms with Crippen molar-refractivity contribution in [3.05, 3.63) is 0 Å². The van der Waals surface area contributed by atoms with Gasteiger partial charge in [-0.1, -0.05) is 0 Å². The van der Waals surface area contributed by atoms with Crippen LogP contribution in [0.4, 0.5) is 0 Å². The molecule has 35 valence electrons. The Morgan fingerprint density at radius 2 is 2.17 bits per heavy atom. The Balaban J connectivity index is 3.26. The molecule has 0 saturated carbocycles. The molecule has 1 radical (unpaired) electrons. The Labute approximate surface area is 43.3 Å². The molecule has 0 aliphatic heterocycles.